The van der Waals surface area contributed by atoms with Crippen molar-refractivity contribution in [2.45, 2.75) is 38.7 Å². The molecule has 1 aliphatic heterocycles. The van der Waals surface area contributed by atoms with Crippen LogP contribution in [-0.2, 0) is 12.7 Å². The molecule has 1 N–H and O–H groups in total. The van der Waals surface area contributed by atoms with Crippen LogP contribution in [0.3, 0.4) is 0 Å². The molecule has 0 radical (unpaired) electrons. The number of hydrogen-bond donors (Lipinski definition) is 1. The monoisotopic (exact) mass is 279 g/mol. The van der Waals surface area contributed by atoms with Crippen LogP contribution in [-0.4, -0.2) is 35.1 Å². The summed E-state index contributed by atoms with van der Waals surface area (Å²) in [4.78, 5) is 5.45. The van der Waals surface area contributed by atoms with E-state index in [1.807, 2.05) is 0 Å². The van der Waals surface area contributed by atoms with Crippen molar-refractivity contribution in [3.63, 3.8) is 0 Å². The largest absolute Gasteiger partial charge is 0.427 e. The predicted octanol–water partition coefficient (Wildman–Crippen LogP) is 2.34. The molecule has 0 amide bonds. The second kappa shape index (κ2) is 5.14. The summed E-state index contributed by atoms with van der Waals surface area (Å²) in [6.07, 6.45) is -3.35. The Labute approximate surface area is 108 Å². The van der Waals surface area contributed by atoms with E-state index in [9.17, 15) is 13.2 Å². The highest BCUT2D eigenvalue weighted by Gasteiger charge is 2.34. The molecule has 0 saturated carbocycles. The van der Waals surface area contributed by atoms with Gasteiger partial charge in [0.2, 0.25) is 0 Å². The Kier molecular flexibility index (Phi) is 3.93. The van der Waals surface area contributed by atoms with Crippen molar-refractivity contribution in [3.05, 3.63) is 16.1 Å². The van der Waals surface area contributed by atoms with Crippen molar-refractivity contribution in [1.29, 1.82) is 0 Å². The fourth-order valence-corrected chi connectivity index (χ4v) is 2.95. The van der Waals surface area contributed by atoms with E-state index in [1.54, 1.807) is 0 Å². The molecule has 0 aliphatic carbocycles. The van der Waals surface area contributed by atoms with Crippen LogP contribution in [0.2, 0.25) is 0 Å². The quantitative estimate of drug-likeness (QED) is 0.900. The van der Waals surface area contributed by atoms with E-state index < -0.39 is 11.1 Å². The molecule has 18 heavy (non-hydrogen) atoms. The Hall–Kier alpha value is -0.660. The number of halogens is 3. The van der Waals surface area contributed by atoms with E-state index in [1.165, 1.54) is 0 Å². The van der Waals surface area contributed by atoms with Gasteiger partial charge in [-0.2, -0.15) is 13.2 Å². The van der Waals surface area contributed by atoms with E-state index in [0.717, 1.165) is 30.6 Å². The lowest BCUT2D eigenvalue weighted by atomic mass is 10.1. The van der Waals surface area contributed by atoms with Gasteiger partial charge < -0.3 is 5.32 Å². The zero-order valence-corrected chi connectivity index (χ0v) is 11.1. The molecule has 2 rings (SSSR count). The first kappa shape index (κ1) is 13.8. The minimum Gasteiger partial charge on any atom is -0.314 e. The van der Waals surface area contributed by atoms with Gasteiger partial charge >= 0.3 is 6.18 Å². The third-order valence-electron chi connectivity index (χ3n) is 3.16. The van der Waals surface area contributed by atoms with Crippen LogP contribution in [0.4, 0.5) is 13.2 Å². The number of thiazole rings is 1. The smallest absolute Gasteiger partial charge is 0.314 e. The first-order chi connectivity index (χ1) is 8.38. The van der Waals surface area contributed by atoms with Crippen molar-refractivity contribution in [2.75, 3.05) is 13.1 Å². The van der Waals surface area contributed by atoms with Gasteiger partial charge in [-0.25, -0.2) is 4.98 Å². The van der Waals surface area contributed by atoms with E-state index in [2.05, 4.69) is 29.0 Å². The summed E-state index contributed by atoms with van der Waals surface area (Å²) in [5, 5.41) is 3.82. The van der Waals surface area contributed by atoms with Gasteiger partial charge in [0.05, 0.1) is 12.7 Å². The van der Waals surface area contributed by atoms with Gasteiger partial charge in [0.25, 0.3) is 0 Å². The zero-order valence-electron chi connectivity index (χ0n) is 10.3. The second-order valence-corrected chi connectivity index (χ2v) is 5.76. The molecule has 1 aliphatic rings. The Morgan fingerprint density at radius 2 is 2.00 bits per heavy atom. The van der Waals surface area contributed by atoms with Crippen LogP contribution in [0.25, 0.3) is 0 Å². The third-order valence-corrected chi connectivity index (χ3v) is 4.19. The fourth-order valence-electron chi connectivity index (χ4n) is 2.15. The minimum atomic E-state index is -4.28. The SMILES string of the molecule is C[C@@H]1CNC[C@H](C)N1Cc1ncc(C(F)(F)F)s1. The molecule has 7 heteroatoms. The summed E-state index contributed by atoms with van der Waals surface area (Å²) in [6, 6.07) is 0.624. The van der Waals surface area contributed by atoms with Gasteiger partial charge in [-0.3, -0.25) is 4.90 Å². The lowest BCUT2D eigenvalue weighted by molar-refractivity contribution is -0.134. The molecule has 1 saturated heterocycles. The number of piperazine rings is 1. The van der Waals surface area contributed by atoms with Crippen LogP contribution in [0.5, 0.6) is 0 Å². The number of alkyl halides is 3. The first-order valence-corrected chi connectivity index (χ1v) is 6.68. The summed E-state index contributed by atoms with van der Waals surface area (Å²) in [5.74, 6) is 0. The Morgan fingerprint density at radius 3 is 2.50 bits per heavy atom. The molecule has 0 bridgehead atoms. The number of rotatable bonds is 2. The predicted molar refractivity (Wildman–Crippen MR) is 64.5 cm³/mol. The second-order valence-electron chi connectivity index (χ2n) is 4.64. The highest BCUT2D eigenvalue weighted by Crippen LogP contribution is 2.33. The van der Waals surface area contributed by atoms with Gasteiger partial charge in [-0.1, -0.05) is 0 Å². The lowest BCUT2D eigenvalue weighted by Gasteiger charge is -2.38. The van der Waals surface area contributed by atoms with Crippen LogP contribution >= 0.6 is 11.3 Å². The molecule has 2 heterocycles. The molecule has 0 spiro atoms. The van der Waals surface area contributed by atoms with Crippen molar-refractivity contribution in [3.8, 4) is 0 Å². The maximum Gasteiger partial charge on any atom is 0.427 e. The summed E-state index contributed by atoms with van der Waals surface area (Å²) in [6.45, 7) is 6.36. The van der Waals surface area contributed by atoms with Crippen LogP contribution < -0.4 is 5.32 Å². The van der Waals surface area contributed by atoms with Gasteiger partial charge in [0.15, 0.2) is 0 Å². The normalized spacial score (nSPS) is 26.5. The average molecular weight is 279 g/mol. The number of hydrogen-bond acceptors (Lipinski definition) is 4. The Balaban J connectivity index is 2.06. The van der Waals surface area contributed by atoms with Gasteiger partial charge in [-0.05, 0) is 13.8 Å². The molecule has 102 valence electrons. The molecule has 1 aromatic heterocycles. The topological polar surface area (TPSA) is 28.2 Å². The first-order valence-electron chi connectivity index (χ1n) is 5.86. The summed E-state index contributed by atoms with van der Waals surface area (Å²) in [5.41, 5.74) is 0. The third kappa shape index (κ3) is 3.02. The van der Waals surface area contributed by atoms with Crippen molar-refractivity contribution in [2.24, 2.45) is 0 Å². The average Bonchev–Trinajstić information content (AvgIpc) is 2.72. The maximum absolute atomic E-state index is 12.5. The van der Waals surface area contributed by atoms with Gasteiger partial charge in [-0.15, -0.1) is 11.3 Å². The summed E-state index contributed by atoms with van der Waals surface area (Å²) in [7, 11) is 0. The van der Waals surface area contributed by atoms with Crippen molar-refractivity contribution < 1.29 is 13.2 Å². The molecular formula is C11H16F3N3S. The van der Waals surface area contributed by atoms with Gasteiger partial charge in [0.1, 0.15) is 9.88 Å². The zero-order chi connectivity index (χ0) is 13.3. The van der Waals surface area contributed by atoms with Crippen LogP contribution in [0, 0.1) is 0 Å². The molecular weight excluding hydrogens is 263 g/mol. The van der Waals surface area contributed by atoms with E-state index in [4.69, 9.17) is 0 Å². The van der Waals surface area contributed by atoms with Crippen molar-refractivity contribution >= 4 is 11.3 Å². The van der Waals surface area contributed by atoms with Gasteiger partial charge in [0, 0.05) is 25.2 Å². The number of aromatic nitrogens is 1. The maximum atomic E-state index is 12.5. The molecule has 1 fully saturated rings. The molecule has 0 aromatic carbocycles. The summed E-state index contributed by atoms with van der Waals surface area (Å²) >= 11 is 0.739. The van der Waals surface area contributed by atoms with E-state index in [0.29, 0.717) is 23.6 Å². The minimum absolute atomic E-state index is 0.312. The fraction of sp³-hybridized carbons (Fsp3) is 0.727. The highest BCUT2D eigenvalue weighted by atomic mass is 32.1. The highest BCUT2D eigenvalue weighted by molar-refractivity contribution is 7.11. The number of nitrogens with zero attached hydrogens (tertiary/aromatic N) is 2. The molecule has 1 aromatic rings. The molecule has 3 nitrogen and oxygen atoms in total. The number of nitrogens with one attached hydrogen (secondary N) is 1. The molecule has 0 unspecified atom stereocenters. The van der Waals surface area contributed by atoms with Crippen molar-refractivity contribution in [1.82, 2.24) is 15.2 Å². The van der Waals surface area contributed by atoms with Crippen LogP contribution in [0.1, 0.15) is 23.7 Å². The van der Waals surface area contributed by atoms with E-state index in [-0.39, 0.29) is 0 Å². The Morgan fingerprint density at radius 1 is 1.39 bits per heavy atom. The Bertz CT molecular complexity index is 394. The lowest BCUT2D eigenvalue weighted by Crippen LogP contribution is -2.54. The molecule has 2 atom stereocenters. The van der Waals surface area contributed by atoms with Crippen LogP contribution in [0.15, 0.2) is 6.20 Å². The van der Waals surface area contributed by atoms with E-state index >= 15 is 0 Å². The standard InChI is InChI=1S/C11H16F3N3S/c1-7-3-15-4-8(2)17(7)6-10-16-5-9(18-10)11(12,13)14/h5,7-8,15H,3-4,6H2,1-2H3/t7-,8+. The summed E-state index contributed by atoms with van der Waals surface area (Å²) < 4.78 is 37.4.